The van der Waals surface area contributed by atoms with E-state index in [9.17, 15) is 18.4 Å². The van der Waals surface area contributed by atoms with E-state index in [2.05, 4.69) is 15.6 Å². The molecule has 3 rings (SSSR count). The van der Waals surface area contributed by atoms with Crippen LogP contribution in [0.15, 0.2) is 23.6 Å². The summed E-state index contributed by atoms with van der Waals surface area (Å²) in [6, 6.07) is 2.77. The van der Waals surface area contributed by atoms with Crippen molar-refractivity contribution in [3.8, 4) is 0 Å². The van der Waals surface area contributed by atoms with Gasteiger partial charge in [0.05, 0.1) is 11.3 Å². The molecule has 0 aliphatic heterocycles. The molecule has 25 heavy (non-hydrogen) atoms. The molecular formula is C17H17F2N3O2S. The van der Waals surface area contributed by atoms with Crippen molar-refractivity contribution in [2.75, 3.05) is 11.9 Å². The van der Waals surface area contributed by atoms with Gasteiger partial charge in [0.1, 0.15) is 11.6 Å². The number of nitrogens with zero attached hydrogens (tertiary/aromatic N) is 1. The first-order valence-corrected chi connectivity index (χ1v) is 8.89. The van der Waals surface area contributed by atoms with Gasteiger partial charge in [-0.15, -0.1) is 11.3 Å². The number of nitrogens with one attached hydrogen (secondary N) is 2. The normalized spacial score (nSPS) is 13.5. The molecule has 1 heterocycles. The largest absolute Gasteiger partial charge is 0.352 e. The fourth-order valence-corrected chi connectivity index (χ4v) is 3.12. The maximum Gasteiger partial charge on any atom is 0.254 e. The number of hydrogen-bond donors (Lipinski definition) is 2. The first kappa shape index (κ1) is 17.5. The predicted molar refractivity (Wildman–Crippen MR) is 90.6 cm³/mol. The van der Waals surface area contributed by atoms with Crippen LogP contribution in [0.4, 0.5) is 13.9 Å². The van der Waals surface area contributed by atoms with Crippen LogP contribution in [0, 0.1) is 11.6 Å². The Balaban J connectivity index is 1.38. The third kappa shape index (κ3) is 4.82. The molecule has 132 valence electrons. The van der Waals surface area contributed by atoms with Crippen LogP contribution in [0.5, 0.6) is 0 Å². The summed E-state index contributed by atoms with van der Waals surface area (Å²) in [6.45, 7) is 0.217. The smallest absolute Gasteiger partial charge is 0.254 e. The van der Waals surface area contributed by atoms with Crippen LogP contribution in [-0.2, 0) is 4.79 Å². The quantitative estimate of drug-likeness (QED) is 0.739. The fourth-order valence-electron chi connectivity index (χ4n) is 2.31. The lowest BCUT2D eigenvalue weighted by atomic mass is 10.2. The van der Waals surface area contributed by atoms with Gasteiger partial charge >= 0.3 is 0 Å². The summed E-state index contributed by atoms with van der Waals surface area (Å²) in [5.74, 6) is -1.92. The van der Waals surface area contributed by atoms with E-state index in [0.29, 0.717) is 23.5 Å². The van der Waals surface area contributed by atoms with E-state index in [1.54, 1.807) is 0 Å². The first-order chi connectivity index (χ1) is 12.0. The average Bonchev–Trinajstić information content (AvgIpc) is 3.31. The minimum atomic E-state index is -0.912. The van der Waals surface area contributed by atoms with Gasteiger partial charge in [-0.25, -0.2) is 13.8 Å². The van der Waals surface area contributed by atoms with Crippen LogP contribution in [0.2, 0.25) is 0 Å². The number of aromatic nitrogens is 1. The second-order valence-corrected chi connectivity index (χ2v) is 6.74. The molecule has 1 aliphatic rings. The highest BCUT2D eigenvalue weighted by molar-refractivity contribution is 7.13. The second-order valence-electron chi connectivity index (χ2n) is 5.88. The van der Waals surface area contributed by atoms with E-state index >= 15 is 0 Å². The fraction of sp³-hybridized carbons (Fsp3) is 0.353. The lowest BCUT2D eigenvalue weighted by Crippen LogP contribution is -2.26. The summed E-state index contributed by atoms with van der Waals surface area (Å²) >= 11 is 1.41. The molecule has 8 heteroatoms. The number of halogens is 2. The highest BCUT2D eigenvalue weighted by Gasteiger charge is 2.26. The van der Waals surface area contributed by atoms with Crippen molar-refractivity contribution in [2.45, 2.75) is 31.6 Å². The van der Waals surface area contributed by atoms with Gasteiger partial charge in [-0.2, -0.15) is 0 Å². The molecule has 2 N–H and O–H groups in total. The molecule has 0 saturated heterocycles. The molecule has 2 amide bonds. The van der Waals surface area contributed by atoms with Gasteiger partial charge in [0, 0.05) is 30.3 Å². The van der Waals surface area contributed by atoms with Crippen molar-refractivity contribution in [1.29, 1.82) is 0 Å². The van der Waals surface area contributed by atoms with E-state index in [1.165, 1.54) is 11.3 Å². The number of amides is 2. The van der Waals surface area contributed by atoms with Gasteiger partial charge in [0.15, 0.2) is 5.13 Å². The van der Waals surface area contributed by atoms with Gasteiger partial charge < -0.3 is 10.6 Å². The molecule has 0 radical (unpaired) electrons. The van der Waals surface area contributed by atoms with Crippen LogP contribution in [0.1, 0.15) is 47.7 Å². The van der Waals surface area contributed by atoms with Gasteiger partial charge in [-0.3, -0.25) is 9.59 Å². The zero-order valence-electron chi connectivity index (χ0n) is 13.4. The maximum absolute atomic E-state index is 13.5. The molecule has 0 spiro atoms. The molecule has 1 aliphatic carbocycles. The van der Waals surface area contributed by atoms with Crippen molar-refractivity contribution in [1.82, 2.24) is 10.3 Å². The number of carbonyl (C=O) groups is 2. The SMILES string of the molecule is O=C(CCCNC(=O)c1ccc(F)cc1F)Nc1nc(C2CC2)cs1. The summed E-state index contributed by atoms with van der Waals surface area (Å²) in [5.41, 5.74) is 0.815. The van der Waals surface area contributed by atoms with Crippen LogP contribution in [0.3, 0.4) is 0 Å². The zero-order chi connectivity index (χ0) is 17.8. The van der Waals surface area contributed by atoms with Gasteiger partial charge in [-0.05, 0) is 31.4 Å². The van der Waals surface area contributed by atoms with E-state index in [0.717, 1.165) is 30.7 Å². The molecule has 2 aromatic rings. The van der Waals surface area contributed by atoms with Crippen molar-refractivity contribution in [3.63, 3.8) is 0 Å². The van der Waals surface area contributed by atoms with Crippen LogP contribution in [-0.4, -0.2) is 23.3 Å². The Hall–Kier alpha value is -2.35. The minimum absolute atomic E-state index is 0.182. The second kappa shape index (κ2) is 7.69. The molecule has 0 unspecified atom stereocenters. The molecule has 0 atom stereocenters. The number of thiazole rings is 1. The highest BCUT2D eigenvalue weighted by Crippen LogP contribution is 2.40. The molecule has 1 aromatic heterocycles. The lowest BCUT2D eigenvalue weighted by molar-refractivity contribution is -0.116. The number of anilines is 1. The standard InChI is InChI=1S/C17H17F2N3O2S/c18-11-5-6-12(13(19)8-11)16(24)20-7-1-2-15(23)22-17-21-14(9-25-17)10-3-4-10/h5-6,8-10H,1-4,7H2,(H,20,24)(H,21,22,23). The van der Waals surface area contributed by atoms with Crippen molar-refractivity contribution >= 4 is 28.3 Å². The van der Waals surface area contributed by atoms with E-state index in [4.69, 9.17) is 0 Å². The van der Waals surface area contributed by atoms with Gasteiger partial charge in [-0.1, -0.05) is 0 Å². The molecule has 1 aromatic carbocycles. The summed E-state index contributed by atoms with van der Waals surface area (Å²) in [7, 11) is 0. The van der Waals surface area contributed by atoms with Crippen molar-refractivity contribution in [2.24, 2.45) is 0 Å². The Morgan fingerprint density at radius 2 is 2.08 bits per heavy atom. The summed E-state index contributed by atoms with van der Waals surface area (Å²) in [6.07, 6.45) is 2.93. The Kier molecular flexibility index (Phi) is 5.37. The van der Waals surface area contributed by atoms with E-state index < -0.39 is 17.5 Å². The number of carbonyl (C=O) groups excluding carboxylic acids is 2. The molecular weight excluding hydrogens is 348 g/mol. The molecule has 1 saturated carbocycles. The summed E-state index contributed by atoms with van der Waals surface area (Å²) in [5, 5.41) is 7.80. The third-order valence-corrected chi connectivity index (χ3v) is 4.58. The Morgan fingerprint density at radius 3 is 2.80 bits per heavy atom. The zero-order valence-corrected chi connectivity index (χ0v) is 14.2. The Labute approximate surface area is 147 Å². The van der Waals surface area contributed by atoms with E-state index in [1.807, 2.05) is 5.38 Å². The van der Waals surface area contributed by atoms with Gasteiger partial charge in [0.2, 0.25) is 5.91 Å². The molecule has 1 fully saturated rings. The summed E-state index contributed by atoms with van der Waals surface area (Å²) < 4.78 is 26.3. The third-order valence-electron chi connectivity index (χ3n) is 3.81. The van der Waals surface area contributed by atoms with Crippen LogP contribution >= 0.6 is 11.3 Å². The molecule has 5 nitrogen and oxygen atoms in total. The van der Waals surface area contributed by atoms with Crippen molar-refractivity contribution in [3.05, 3.63) is 46.5 Å². The monoisotopic (exact) mass is 365 g/mol. The minimum Gasteiger partial charge on any atom is -0.352 e. The van der Waals surface area contributed by atoms with Crippen molar-refractivity contribution < 1.29 is 18.4 Å². The Bertz CT molecular complexity index is 790. The maximum atomic E-state index is 13.5. The number of benzene rings is 1. The number of hydrogen-bond acceptors (Lipinski definition) is 4. The topological polar surface area (TPSA) is 71.1 Å². The first-order valence-electron chi connectivity index (χ1n) is 8.01. The highest BCUT2D eigenvalue weighted by atomic mass is 32.1. The van der Waals surface area contributed by atoms with Crippen LogP contribution < -0.4 is 10.6 Å². The predicted octanol–water partition coefficient (Wildman–Crippen LogP) is 3.45. The van der Waals surface area contributed by atoms with Gasteiger partial charge in [0.25, 0.3) is 5.91 Å². The Morgan fingerprint density at radius 1 is 1.28 bits per heavy atom. The lowest BCUT2D eigenvalue weighted by Gasteiger charge is -2.06. The van der Waals surface area contributed by atoms with Crippen LogP contribution in [0.25, 0.3) is 0 Å². The average molecular weight is 365 g/mol. The molecule has 0 bridgehead atoms. The van der Waals surface area contributed by atoms with E-state index in [-0.39, 0.29) is 24.4 Å². The summed E-state index contributed by atoms with van der Waals surface area (Å²) in [4.78, 5) is 28.0. The number of rotatable bonds is 7.